The summed E-state index contributed by atoms with van der Waals surface area (Å²) < 4.78 is 41.2. The monoisotopic (exact) mass is 178 g/mol. The van der Waals surface area contributed by atoms with Gasteiger partial charge in [-0.15, -0.1) is 0 Å². The van der Waals surface area contributed by atoms with Crippen LogP contribution in [-0.4, -0.2) is 16.8 Å². The Bertz CT molecular complexity index is 289. The van der Waals surface area contributed by atoms with E-state index in [4.69, 9.17) is 4.74 Å². The Morgan fingerprint density at radius 1 is 1.58 bits per heavy atom. The van der Waals surface area contributed by atoms with Crippen molar-refractivity contribution in [1.82, 2.24) is 10.2 Å². The maximum Gasteiger partial charge on any atom is 0.433 e. The van der Waals surface area contributed by atoms with E-state index >= 15 is 0 Å². The highest BCUT2D eigenvalue weighted by molar-refractivity contribution is 5.24. The second kappa shape index (κ2) is 2.22. The van der Waals surface area contributed by atoms with Crippen molar-refractivity contribution in [2.45, 2.75) is 12.3 Å². The molecule has 2 rings (SSSR count). The number of ether oxygens (including phenoxy) is 1. The van der Waals surface area contributed by atoms with Gasteiger partial charge in [0.25, 0.3) is 0 Å². The molecule has 1 atom stereocenters. The van der Waals surface area contributed by atoms with Crippen LogP contribution in [0.1, 0.15) is 17.4 Å². The molecule has 1 N–H and O–H groups in total. The number of rotatable bonds is 1. The van der Waals surface area contributed by atoms with Crippen LogP contribution >= 0.6 is 0 Å². The Balaban J connectivity index is 2.36. The first-order valence-electron chi connectivity index (χ1n) is 3.31. The third-order valence-corrected chi connectivity index (χ3v) is 1.63. The Kier molecular flexibility index (Phi) is 1.41. The molecule has 1 aromatic heterocycles. The molecule has 3 nitrogen and oxygen atoms in total. The summed E-state index contributed by atoms with van der Waals surface area (Å²) in [7, 11) is 0. The van der Waals surface area contributed by atoms with Gasteiger partial charge in [0.15, 0.2) is 0 Å². The fourth-order valence-corrected chi connectivity index (χ4v) is 0.994. The maximum atomic E-state index is 12.1. The number of aromatic nitrogens is 2. The first-order chi connectivity index (χ1) is 5.59. The van der Waals surface area contributed by atoms with Crippen molar-refractivity contribution in [1.29, 1.82) is 0 Å². The highest BCUT2D eigenvalue weighted by Gasteiger charge is 2.40. The number of nitrogens with one attached hydrogen (secondary N) is 1. The molecule has 0 saturated carbocycles. The summed E-state index contributed by atoms with van der Waals surface area (Å²) in [6, 6.07) is 0. The number of H-pyrrole nitrogens is 1. The van der Waals surface area contributed by atoms with Gasteiger partial charge < -0.3 is 4.74 Å². The minimum atomic E-state index is -4.36. The standard InChI is InChI=1S/C6H5F3N2O/c7-6(8,9)5-3(1-10-11-5)4-2-12-4/h1,4H,2H2,(H,10,11)/t4-/m1/s1. The number of aromatic amines is 1. The molecular weight excluding hydrogens is 173 g/mol. The third-order valence-electron chi connectivity index (χ3n) is 1.63. The molecule has 0 unspecified atom stereocenters. The molecule has 2 heterocycles. The average molecular weight is 178 g/mol. The van der Waals surface area contributed by atoms with Gasteiger partial charge in [0.2, 0.25) is 0 Å². The van der Waals surface area contributed by atoms with Crippen LogP contribution in [0.5, 0.6) is 0 Å². The smallest absolute Gasteiger partial charge is 0.368 e. The quantitative estimate of drug-likeness (QED) is 0.662. The number of hydrogen-bond donors (Lipinski definition) is 1. The van der Waals surface area contributed by atoms with Crippen molar-refractivity contribution in [2.75, 3.05) is 6.61 Å². The Labute approximate surface area is 65.5 Å². The van der Waals surface area contributed by atoms with E-state index in [0.717, 1.165) is 6.20 Å². The van der Waals surface area contributed by atoms with Crippen molar-refractivity contribution in [3.63, 3.8) is 0 Å². The molecule has 1 fully saturated rings. The molecule has 6 heteroatoms. The third kappa shape index (κ3) is 1.18. The highest BCUT2D eigenvalue weighted by atomic mass is 19.4. The molecule has 0 radical (unpaired) electrons. The largest absolute Gasteiger partial charge is 0.433 e. The maximum absolute atomic E-state index is 12.1. The van der Waals surface area contributed by atoms with Crippen molar-refractivity contribution in [2.24, 2.45) is 0 Å². The van der Waals surface area contributed by atoms with Gasteiger partial charge in [-0.3, -0.25) is 5.10 Å². The molecule has 0 aliphatic carbocycles. The molecule has 0 amide bonds. The number of epoxide rings is 1. The number of alkyl halides is 3. The summed E-state index contributed by atoms with van der Waals surface area (Å²) in [5.74, 6) is 0. The minimum absolute atomic E-state index is 0.0995. The lowest BCUT2D eigenvalue weighted by atomic mass is 10.2. The summed E-state index contributed by atoms with van der Waals surface area (Å²) in [6.07, 6.45) is -3.63. The molecule has 66 valence electrons. The van der Waals surface area contributed by atoms with E-state index in [9.17, 15) is 13.2 Å². The van der Waals surface area contributed by atoms with Crippen LogP contribution in [0.25, 0.3) is 0 Å². The summed E-state index contributed by atoms with van der Waals surface area (Å²) in [4.78, 5) is 0. The van der Waals surface area contributed by atoms with E-state index in [0.29, 0.717) is 6.61 Å². The molecule has 12 heavy (non-hydrogen) atoms. The van der Waals surface area contributed by atoms with Gasteiger partial charge in [-0.2, -0.15) is 18.3 Å². The average Bonchev–Trinajstić information content (AvgIpc) is 2.65. The summed E-state index contributed by atoms with van der Waals surface area (Å²) >= 11 is 0. The summed E-state index contributed by atoms with van der Waals surface area (Å²) in [5, 5.41) is 5.24. The number of nitrogens with zero attached hydrogens (tertiary/aromatic N) is 1. The second-order valence-corrected chi connectivity index (χ2v) is 2.52. The van der Waals surface area contributed by atoms with Gasteiger partial charge in [-0.1, -0.05) is 0 Å². The van der Waals surface area contributed by atoms with Gasteiger partial charge in [0.1, 0.15) is 11.8 Å². The fourth-order valence-electron chi connectivity index (χ4n) is 0.994. The zero-order valence-electron chi connectivity index (χ0n) is 5.85. The van der Waals surface area contributed by atoms with Crippen LogP contribution in [0.3, 0.4) is 0 Å². The van der Waals surface area contributed by atoms with Crippen molar-refractivity contribution in [3.8, 4) is 0 Å². The van der Waals surface area contributed by atoms with E-state index in [2.05, 4.69) is 5.10 Å². The summed E-state index contributed by atoms with van der Waals surface area (Å²) in [6.45, 7) is 0.350. The molecule has 1 aliphatic heterocycles. The van der Waals surface area contributed by atoms with Crippen LogP contribution in [-0.2, 0) is 10.9 Å². The van der Waals surface area contributed by atoms with Crippen LogP contribution in [0.2, 0.25) is 0 Å². The Morgan fingerprint density at radius 3 is 2.75 bits per heavy atom. The predicted molar refractivity (Wildman–Crippen MR) is 32.3 cm³/mol. The number of hydrogen-bond acceptors (Lipinski definition) is 2. The lowest BCUT2D eigenvalue weighted by Gasteiger charge is -2.03. The van der Waals surface area contributed by atoms with Gasteiger partial charge >= 0.3 is 6.18 Å². The molecule has 1 saturated heterocycles. The second-order valence-electron chi connectivity index (χ2n) is 2.52. The Hall–Kier alpha value is -1.04. The first-order valence-corrected chi connectivity index (χ1v) is 3.31. The first kappa shape index (κ1) is 7.60. The minimum Gasteiger partial charge on any atom is -0.368 e. The van der Waals surface area contributed by atoms with E-state index in [-0.39, 0.29) is 5.56 Å². The SMILES string of the molecule is FC(F)(F)c1[nH]ncc1[C@H]1CO1. The molecule has 1 aliphatic rings. The predicted octanol–water partition coefficient (Wildman–Crippen LogP) is 1.50. The normalized spacial score (nSPS) is 22.8. The fraction of sp³-hybridized carbons (Fsp3) is 0.500. The van der Waals surface area contributed by atoms with Crippen molar-refractivity contribution in [3.05, 3.63) is 17.5 Å². The van der Waals surface area contributed by atoms with Crippen molar-refractivity contribution >= 4 is 0 Å². The Morgan fingerprint density at radius 2 is 2.25 bits per heavy atom. The van der Waals surface area contributed by atoms with E-state index in [1.165, 1.54) is 0 Å². The van der Waals surface area contributed by atoms with Gasteiger partial charge in [0.05, 0.1) is 12.8 Å². The van der Waals surface area contributed by atoms with Crippen LogP contribution < -0.4 is 0 Å². The molecule has 0 aromatic carbocycles. The highest BCUT2D eigenvalue weighted by Crippen LogP contribution is 2.38. The van der Waals surface area contributed by atoms with Crippen LogP contribution in [0, 0.1) is 0 Å². The summed E-state index contributed by atoms with van der Waals surface area (Å²) in [5.41, 5.74) is -0.701. The van der Waals surface area contributed by atoms with Gasteiger partial charge in [-0.05, 0) is 0 Å². The topological polar surface area (TPSA) is 41.2 Å². The molecule has 0 bridgehead atoms. The lowest BCUT2D eigenvalue weighted by Crippen LogP contribution is -2.08. The van der Waals surface area contributed by atoms with Crippen molar-refractivity contribution < 1.29 is 17.9 Å². The molecule has 0 spiro atoms. The van der Waals surface area contributed by atoms with E-state index in [1.807, 2.05) is 5.10 Å². The molecular formula is C6H5F3N2O. The van der Waals surface area contributed by atoms with Crippen LogP contribution in [0.4, 0.5) is 13.2 Å². The van der Waals surface area contributed by atoms with Gasteiger partial charge in [0, 0.05) is 5.56 Å². The lowest BCUT2D eigenvalue weighted by molar-refractivity contribution is -0.142. The zero-order chi connectivity index (χ0) is 8.77. The van der Waals surface area contributed by atoms with Crippen LogP contribution in [0.15, 0.2) is 6.20 Å². The number of halogens is 3. The zero-order valence-corrected chi connectivity index (χ0v) is 5.85. The van der Waals surface area contributed by atoms with Gasteiger partial charge in [-0.25, -0.2) is 0 Å². The molecule has 1 aromatic rings. The van der Waals surface area contributed by atoms with E-state index in [1.54, 1.807) is 0 Å². The van der Waals surface area contributed by atoms with E-state index < -0.39 is 18.0 Å².